The summed E-state index contributed by atoms with van der Waals surface area (Å²) >= 11 is 5.07. The number of nitrogens with two attached hydrogens (primary N) is 1. The molecule has 2 rings (SSSR count). The molecule has 0 aliphatic rings. The van der Waals surface area contributed by atoms with Gasteiger partial charge in [0.1, 0.15) is 0 Å². The highest BCUT2D eigenvalue weighted by Gasteiger charge is 2.13. The van der Waals surface area contributed by atoms with Crippen LogP contribution >= 0.6 is 27.3 Å². The quantitative estimate of drug-likeness (QED) is 0.672. The SMILES string of the molecule is Cc1ncc(C(Cc2cncc(Br)c2)NN)s1. The van der Waals surface area contributed by atoms with Crippen LogP contribution in [0.2, 0.25) is 0 Å². The number of hydrazine groups is 1. The van der Waals surface area contributed by atoms with E-state index >= 15 is 0 Å². The number of aromatic nitrogens is 2. The Labute approximate surface area is 112 Å². The highest BCUT2D eigenvalue weighted by atomic mass is 79.9. The molecule has 17 heavy (non-hydrogen) atoms. The molecule has 4 nitrogen and oxygen atoms in total. The predicted molar refractivity (Wildman–Crippen MR) is 72.6 cm³/mol. The Bertz CT molecular complexity index is 500. The van der Waals surface area contributed by atoms with Crippen LogP contribution in [0.15, 0.2) is 29.1 Å². The lowest BCUT2D eigenvalue weighted by atomic mass is 10.1. The normalized spacial score (nSPS) is 12.6. The first-order chi connectivity index (χ1) is 8.19. The van der Waals surface area contributed by atoms with Gasteiger partial charge in [-0.15, -0.1) is 11.3 Å². The van der Waals surface area contributed by atoms with Crippen molar-refractivity contribution in [3.8, 4) is 0 Å². The van der Waals surface area contributed by atoms with Crippen molar-refractivity contribution >= 4 is 27.3 Å². The van der Waals surface area contributed by atoms with Crippen LogP contribution in [0.5, 0.6) is 0 Å². The first-order valence-corrected chi connectivity index (χ1v) is 6.78. The summed E-state index contributed by atoms with van der Waals surface area (Å²) in [4.78, 5) is 9.53. The Morgan fingerprint density at radius 2 is 2.29 bits per heavy atom. The Morgan fingerprint density at radius 3 is 2.88 bits per heavy atom. The fraction of sp³-hybridized carbons (Fsp3) is 0.273. The molecule has 2 aromatic rings. The molecule has 0 spiro atoms. The van der Waals surface area contributed by atoms with Crippen LogP contribution in [-0.2, 0) is 6.42 Å². The molecule has 3 N–H and O–H groups in total. The van der Waals surface area contributed by atoms with Gasteiger partial charge >= 0.3 is 0 Å². The smallest absolute Gasteiger partial charge is 0.0897 e. The molecule has 0 bridgehead atoms. The first kappa shape index (κ1) is 12.6. The van der Waals surface area contributed by atoms with Crippen molar-refractivity contribution in [2.75, 3.05) is 0 Å². The number of nitrogens with one attached hydrogen (secondary N) is 1. The molecular formula is C11H13BrN4S. The third kappa shape index (κ3) is 3.32. The zero-order valence-electron chi connectivity index (χ0n) is 9.35. The van der Waals surface area contributed by atoms with Gasteiger partial charge in [0.25, 0.3) is 0 Å². The number of aryl methyl sites for hydroxylation is 1. The molecule has 0 aliphatic carbocycles. The highest BCUT2D eigenvalue weighted by molar-refractivity contribution is 9.10. The minimum atomic E-state index is 0.0808. The lowest BCUT2D eigenvalue weighted by molar-refractivity contribution is 0.559. The van der Waals surface area contributed by atoms with E-state index in [2.05, 4.69) is 31.3 Å². The van der Waals surface area contributed by atoms with Gasteiger partial charge in [-0.1, -0.05) is 0 Å². The van der Waals surface area contributed by atoms with Crippen LogP contribution in [0.4, 0.5) is 0 Å². The molecule has 6 heteroatoms. The zero-order chi connectivity index (χ0) is 12.3. The fourth-order valence-corrected chi connectivity index (χ4v) is 2.84. The summed E-state index contributed by atoms with van der Waals surface area (Å²) in [5.74, 6) is 5.60. The molecule has 0 aliphatic heterocycles. The van der Waals surface area contributed by atoms with E-state index in [4.69, 9.17) is 5.84 Å². The number of nitrogens with zero attached hydrogens (tertiary/aromatic N) is 2. The summed E-state index contributed by atoms with van der Waals surface area (Å²) < 4.78 is 0.978. The number of hydrogen-bond acceptors (Lipinski definition) is 5. The van der Waals surface area contributed by atoms with E-state index in [-0.39, 0.29) is 6.04 Å². The summed E-state index contributed by atoms with van der Waals surface area (Å²) in [6, 6.07) is 2.13. The maximum Gasteiger partial charge on any atom is 0.0897 e. The van der Waals surface area contributed by atoms with Crippen molar-refractivity contribution in [1.82, 2.24) is 15.4 Å². The van der Waals surface area contributed by atoms with Crippen LogP contribution in [-0.4, -0.2) is 9.97 Å². The van der Waals surface area contributed by atoms with E-state index in [0.717, 1.165) is 26.3 Å². The molecule has 2 heterocycles. The van der Waals surface area contributed by atoms with E-state index in [1.54, 1.807) is 17.5 Å². The summed E-state index contributed by atoms with van der Waals surface area (Å²) in [6.07, 6.45) is 6.29. The first-order valence-electron chi connectivity index (χ1n) is 5.17. The Kier molecular flexibility index (Phi) is 4.22. The van der Waals surface area contributed by atoms with Crippen LogP contribution in [0.25, 0.3) is 0 Å². The van der Waals surface area contributed by atoms with Crippen molar-refractivity contribution in [2.24, 2.45) is 5.84 Å². The molecule has 0 saturated heterocycles. The van der Waals surface area contributed by atoms with Gasteiger partial charge in [-0.3, -0.25) is 16.3 Å². The van der Waals surface area contributed by atoms with Crippen LogP contribution in [0, 0.1) is 6.92 Å². The molecule has 1 unspecified atom stereocenters. The van der Waals surface area contributed by atoms with E-state index in [0.29, 0.717) is 0 Å². The van der Waals surface area contributed by atoms with Gasteiger partial charge in [0, 0.05) is 27.9 Å². The van der Waals surface area contributed by atoms with E-state index in [1.165, 1.54) is 0 Å². The van der Waals surface area contributed by atoms with E-state index < -0.39 is 0 Å². The number of pyridine rings is 1. The summed E-state index contributed by atoms with van der Waals surface area (Å²) in [6.45, 7) is 1.99. The third-order valence-corrected chi connectivity index (χ3v) is 3.85. The molecule has 0 saturated carbocycles. The van der Waals surface area contributed by atoms with Crippen molar-refractivity contribution in [3.05, 3.63) is 44.6 Å². The van der Waals surface area contributed by atoms with Crippen LogP contribution in [0.1, 0.15) is 21.5 Å². The molecule has 1 atom stereocenters. The molecular weight excluding hydrogens is 300 g/mol. The molecule has 90 valence electrons. The average molecular weight is 313 g/mol. The topological polar surface area (TPSA) is 63.8 Å². The van der Waals surface area contributed by atoms with Gasteiger partial charge in [0.15, 0.2) is 0 Å². The average Bonchev–Trinajstić information content (AvgIpc) is 2.73. The van der Waals surface area contributed by atoms with Gasteiger partial charge < -0.3 is 0 Å². The number of hydrogen-bond donors (Lipinski definition) is 2. The van der Waals surface area contributed by atoms with E-state index in [1.807, 2.05) is 25.4 Å². The molecule has 0 fully saturated rings. The minimum Gasteiger partial charge on any atom is -0.271 e. The largest absolute Gasteiger partial charge is 0.271 e. The second-order valence-electron chi connectivity index (χ2n) is 3.72. The lowest BCUT2D eigenvalue weighted by Gasteiger charge is -2.13. The van der Waals surface area contributed by atoms with Crippen LogP contribution in [0.3, 0.4) is 0 Å². The number of halogens is 1. The maximum absolute atomic E-state index is 5.60. The Balaban J connectivity index is 2.15. The summed E-state index contributed by atoms with van der Waals surface area (Å²) in [7, 11) is 0. The monoisotopic (exact) mass is 312 g/mol. The maximum atomic E-state index is 5.60. The standard InChI is InChI=1S/C11H13BrN4S/c1-7-15-6-11(17-7)10(16-13)3-8-2-9(12)5-14-4-8/h2,4-6,10,16H,3,13H2,1H3. The van der Waals surface area contributed by atoms with Crippen molar-refractivity contribution in [1.29, 1.82) is 0 Å². The molecule has 0 radical (unpaired) electrons. The van der Waals surface area contributed by atoms with Crippen molar-refractivity contribution in [2.45, 2.75) is 19.4 Å². The number of rotatable bonds is 4. The highest BCUT2D eigenvalue weighted by Crippen LogP contribution is 2.23. The fourth-order valence-electron chi connectivity index (χ4n) is 1.58. The van der Waals surface area contributed by atoms with Crippen molar-refractivity contribution < 1.29 is 0 Å². The van der Waals surface area contributed by atoms with Gasteiger partial charge in [0.2, 0.25) is 0 Å². The molecule has 2 aromatic heterocycles. The predicted octanol–water partition coefficient (Wildman–Crippen LogP) is 2.36. The Morgan fingerprint density at radius 1 is 1.47 bits per heavy atom. The van der Waals surface area contributed by atoms with Crippen LogP contribution < -0.4 is 11.3 Å². The molecule has 0 aromatic carbocycles. The number of thiazole rings is 1. The minimum absolute atomic E-state index is 0.0808. The van der Waals surface area contributed by atoms with Crippen molar-refractivity contribution in [3.63, 3.8) is 0 Å². The summed E-state index contributed by atoms with van der Waals surface area (Å²) in [5.41, 5.74) is 3.96. The second kappa shape index (κ2) is 5.68. The van der Waals surface area contributed by atoms with Gasteiger partial charge in [-0.2, -0.15) is 0 Å². The van der Waals surface area contributed by atoms with E-state index in [9.17, 15) is 0 Å². The van der Waals surface area contributed by atoms with Gasteiger partial charge in [0.05, 0.1) is 11.0 Å². The molecule has 0 amide bonds. The third-order valence-electron chi connectivity index (χ3n) is 2.39. The Hall–Kier alpha value is -0.820. The van der Waals surface area contributed by atoms with Gasteiger partial charge in [-0.05, 0) is 40.9 Å². The summed E-state index contributed by atoms with van der Waals surface area (Å²) in [5, 5.41) is 1.05. The second-order valence-corrected chi connectivity index (χ2v) is 5.90. The lowest BCUT2D eigenvalue weighted by Crippen LogP contribution is -2.29. The van der Waals surface area contributed by atoms with Gasteiger partial charge in [-0.25, -0.2) is 4.98 Å². The zero-order valence-corrected chi connectivity index (χ0v) is 11.8.